The molecule has 1 aliphatic heterocycles. The first-order chi connectivity index (χ1) is 7.79. The lowest BCUT2D eigenvalue weighted by atomic mass is 10.2. The van der Waals surface area contributed by atoms with Crippen LogP contribution in [0.25, 0.3) is 0 Å². The average molecular weight is 237 g/mol. The van der Waals surface area contributed by atoms with E-state index >= 15 is 0 Å². The second kappa shape index (κ2) is 5.60. The molecule has 1 aromatic carbocycles. The summed E-state index contributed by atoms with van der Waals surface area (Å²) >= 11 is 1.98. The molecular weight excluding hydrogens is 218 g/mol. The Balaban J connectivity index is 1.96. The van der Waals surface area contributed by atoms with Gasteiger partial charge < -0.3 is 4.74 Å². The topological polar surface area (TPSA) is 21.3 Å². The highest BCUT2D eigenvalue weighted by molar-refractivity contribution is 7.99. The Bertz CT molecular complexity index is 325. The van der Waals surface area contributed by atoms with Gasteiger partial charge >= 0.3 is 0 Å². The van der Waals surface area contributed by atoms with Crippen LogP contribution < -0.4 is 10.1 Å². The third-order valence-electron chi connectivity index (χ3n) is 2.60. The van der Waals surface area contributed by atoms with Crippen LogP contribution in [-0.2, 0) is 0 Å². The molecule has 2 atom stereocenters. The van der Waals surface area contributed by atoms with E-state index in [9.17, 15) is 0 Å². The first-order valence-corrected chi connectivity index (χ1v) is 6.95. The largest absolute Gasteiger partial charge is 0.494 e. The molecule has 0 saturated carbocycles. The highest BCUT2D eigenvalue weighted by Gasteiger charge is 2.21. The minimum absolute atomic E-state index is 0.454. The summed E-state index contributed by atoms with van der Waals surface area (Å²) in [5.74, 6) is 2.17. The molecule has 1 heterocycles. The van der Waals surface area contributed by atoms with Gasteiger partial charge in [-0.15, -0.1) is 11.8 Å². The number of hydrogen-bond acceptors (Lipinski definition) is 3. The highest BCUT2D eigenvalue weighted by Crippen LogP contribution is 2.33. The Morgan fingerprint density at radius 3 is 2.69 bits per heavy atom. The van der Waals surface area contributed by atoms with Gasteiger partial charge in [0.15, 0.2) is 0 Å². The smallest absolute Gasteiger partial charge is 0.119 e. The first-order valence-electron chi connectivity index (χ1n) is 5.90. The number of nitrogens with one attached hydrogen (secondary N) is 1. The van der Waals surface area contributed by atoms with Crippen molar-refractivity contribution in [3.05, 3.63) is 29.8 Å². The monoisotopic (exact) mass is 237 g/mol. The molecule has 0 aliphatic carbocycles. The molecule has 0 aromatic heterocycles. The van der Waals surface area contributed by atoms with E-state index in [0.717, 1.165) is 18.8 Å². The fraction of sp³-hybridized carbons (Fsp3) is 0.538. The summed E-state index contributed by atoms with van der Waals surface area (Å²) in [4.78, 5) is 0. The molecule has 2 unspecified atom stereocenters. The van der Waals surface area contributed by atoms with Gasteiger partial charge in [-0.3, -0.25) is 5.32 Å². The van der Waals surface area contributed by atoms with E-state index in [-0.39, 0.29) is 0 Å². The minimum Gasteiger partial charge on any atom is -0.494 e. The fourth-order valence-corrected chi connectivity index (χ4v) is 3.00. The summed E-state index contributed by atoms with van der Waals surface area (Å²) in [6, 6.07) is 9.07. The third kappa shape index (κ3) is 2.92. The van der Waals surface area contributed by atoms with Gasteiger partial charge in [0.05, 0.1) is 12.0 Å². The van der Waals surface area contributed by atoms with E-state index in [1.54, 1.807) is 0 Å². The van der Waals surface area contributed by atoms with E-state index in [1.807, 2.05) is 11.8 Å². The second-order valence-corrected chi connectivity index (χ2v) is 5.34. The van der Waals surface area contributed by atoms with Gasteiger partial charge in [-0.05, 0) is 31.0 Å². The summed E-state index contributed by atoms with van der Waals surface area (Å²) < 4.78 is 5.57. The Hall–Kier alpha value is -0.670. The van der Waals surface area contributed by atoms with Crippen LogP contribution in [0, 0.1) is 0 Å². The van der Waals surface area contributed by atoms with E-state index in [4.69, 9.17) is 4.74 Å². The van der Waals surface area contributed by atoms with Crippen LogP contribution in [0.3, 0.4) is 0 Å². The quantitative estimate of drug-likeness (QED) is 0.869. The molecule has 1 aromatic rings. The van der Waals surface area contributed by atoms with Crippen LogP contribution in [0.2, 0.25) is 0 Å². The molecule has 2 nitrogen and oxygen atoms in total. The highest BCUT2D eigenvalue weighted by atomic mass is 32.2. The molecule has 0 bridgehead atoms. The lowest BCUT2D eigenvalue weighted by molar-refractivity contribution is 0.317. The molecule has 1 fully saturated rings. The van der Waals surface area contributed by atoms with E-state index < -0.39 is 0 Å². The molecule has 16 heavy (non-hydrogen) atoms. The van der Waals surface area contributed by atoms with Crippen molar-refractivity contribution >= 4 is 11.8 Å². The fourth-order valence-electron chi connectivity index (χ4n) is 1.75. The number of hydrogen-bond donors (Lipinski definition) is 1. The first kappa shape index (κ1) is 11.8. The van der Waals surface area contributed by atoms with Crippen molar-refractivity contribution in [3.8, 4) is 5.75 Å². The molecule has 1 saturated heterocycles. The Morgan fingerprint density at radius 1 is 1.38 bits per heavy atom. The molecule has 2 rings (SSSR count). The molecule has 1 aliphatic rings. The summed E-state index contributed by atoms with van der Waals surface area (Å²) in [6.07, 6.45) is 1.05. The Morgan fingerprint density at radius 2 is 2.12 bits per heavy atom. The molecular formula is C13H19NOS. The molecule has 0 amide bonds. The zero-order valence-electron chi connectivity index (χ0n) is 9.90. The zero-order chi connectivity index (χ0) is 11.4. The maximum absolute atomic E-state index is 5.57. The average Bonchev–Trinajstić information content (AvgIpc) is 2.74. The van der Waals surface area contributed by atoms with Crippen LogP contribution in [0.4, 0.5) is 0 Å². The van der Waals surface area contributed by atoms with Crippen molar-refractivity contribution in [2.24, 2.45) is 0 Å². The van der Waals surface area contributed by atoms with E-state index in [1.165, 1.54) is 11.3 Å². The van der Waals surface area contributed by atoms with Gasteiger partial charge in [-0.1, -0.05) is 19.1 Å². The predicted molar refractivity (Wildman–Crippen MR) is 70.0 cm³/mol. The number of thioether (sulfide) groups is 1. The van der Waals surface area contributed by atoms with E-state index in [2.05, 4.69) is 43.4 Å². The SMILES string of the molecule is CCCOc1ccc(C2NC(C)CS2)cc1. The lowest BCUT2D eigenvalue weighted by Crippen LogP contribution is -2.21. The van der Waals surface area contributed by atoms with Gasteiger partial charge in [0.25, 0.3) is 0 Å². The summed E-state index contributed by atoms with van der Waals surface area (Å²) in [5, 5.41) is 4.01. The zero-order valence-corrected chi connectivity index (χ0v) is 10.7. The molecule has 0 spiro atoms. The Labute approximate surface area is 102 Å². The summed E-state index contributed by atoms with van der Waals surface area (Å²) in [6.45, 7) is 5.15. The van der Waals surface area contributed by atoms with Crippen LogP contribution in [0.5, 0.6) is 5.75 Å². The van der Waals surface area contributed by atoms with Crippen LogP contribution in [0.1, 0.15) is 31.2 Å². The molecule has 0 radical (unpaired) electrons. The van der Waals surface area contributed by atoms with Crippen LogP contribution in [-0.4, -0.2) is 18.4 Å². The lowest BCUT2D eigenvalue weighted by Gasteiger charge is -2.12. The Kier molecular flexibility index (Phi) is 4.13. The van der Waals surface area contributed by atoms with Gasteiger partial charge in [-0.25, -0.2) is 0 Å². The van der Waals surface area contributed by atoms with Gasteiger partial charge in [-0.2, -0.15) is 0 Å². The molecule has 1 N–H and O–H groups in total. The van der Waals surface area contributed by atoms with Gasteiger partial charge in [0.2, 0.25) is 0 Å². The van der Waals surface area contributed by atoms with Crippen molar-refractivity contribution in [2.45, 2.75) is 31.7 Å². The standard InChI is InChI=1S/C13H19NOS/c1-3-8-15-12-6-4-11(5-7-12)13-14-10(2)9-16-13/h4-7,10,13-14H,3,8-9H2,1-2H3. The summed E-state index contributed by atoms with van der Waals surface area (Å²) in [7, 11) is 0. The predicted octanol–water partition coefficient (Wildman–Crippen LogP) is 3.20. The normalized spacial score (nSPS) is 24.6. The number of rotatable bonds is 4. The number of ether oxygens (including phenoxy) is 1. The van der Waals surface area contributed by atoms with Gasteiger partial charge in [0, 0.05) is 11.8 Å². The molecule has 3 heteroatoms. The van der Waals surface area contributed by atoms with Crippen molar-refractivity contribution in [2.75, 3.05) is 12.4 Å². The van der Waals surface area contributed by atoms with Crippen LogP contribution >= 0.6 is 11.8 Å². The molecule has 88 valence electrons. The maximum atomic E-state index is 5.57. The number of benzene rings is 1. The van der Waals surface area contributed by atoms with Crippen molar-refractivity contribution < 1.29 is 4.74 Å². The van der Waals surface area contributed by atoms with Crippen molar-refractivity contribution in [3.63, 3.8) is 0 Å². The third-order valence-corrected chi connectivity index (χ3v) is 4.04. The maximum Gasteiger partial charge on any atom is 0.119 e. The minimum atomic E-state index is 0.454. The summed E-state index contributed by atoms with van der Waals surface area (Å²) in [5.41, 5.74) is 1.35. The van der Waals surface area contributed by atoms with Gasteiger partial charge in [0.1, 0.15) is 5.75 Å². The second-order valence-electron chi connectivity index (χ2n) is 4.20. The van der Waals surface area contributed by atoms with Crippen molar-refractivity contribution in [1.82, 2.24) is 5.32 Å². The van der Waals surface area contributed by atoms with E-state index in [0.29, 0.717) is 11.4 Å². The van der Waals surface area contributed by atoms with Crippen LogP contribution in [0.15, 0.2) is 24.3 Å². The van der Waals surface area contributed by atoms with Crippen molar-refractivity contribution in [1.29, 1.82) is 0 Å².